The number of nitrogens with zero attached hydrogens (tertiary/aromatic N) is 4. The van der Waals surface area contributed by atoms with Gasteiger partial charge in [-0.3, -0.25) is 4.68 Å². The highest BCUT2D eigenvalue weighted by molar-refractivity contribution is 7.90. The summed E-state index contributed by atoms with van der Waals surface area (Å²) < 4.78 is 50.3. The lowest BCUT2D eigenvalue weighted by Crippen LogP contribution is -2.53. The average Bonchev–Trinajstić information content (AvgIpc) is 3.17. The van der Waals surface area contributed by atoms with Gasteiger partial charge in [-0.25, -0.2) is 22.3 Å². The van der Waals surface area contributed by atoms with Crippen molar-refractivity contribution in [3.63, 3.8) is 0 Å². The van der Waals surface area contributed by atoms with Gasteiger partial charge in [-0.15, -0.1) is 0 Å². The van der Waals surface area contributed by atoms with Crippen molar-refractivity contribution in [1.82, 2.24) is 19.4 Å². The number of ether oxygens (including phenoxy) is 1. The van der Waals surface area contributed by atoms with Crippen LogP contribution in [-0.4, -0.2) is 82.5 Å². The highest BCUT2D eigenvalue weighted by atomic mass is 32.2. The maximum Gasteiger partial charge on any atom is 0.501 e. The van der Waals surface area contributed by atoms with Gasteiger partial charge in [0.05, 0.1) is 24.9 Å². The minimum absolute atomic E-state index is 0.0120. The third-order valence-electron chi connectivity index (χ3n) is 6.67. The number of hydrogen-bond acceptors (Lipinski definition) is 6. The third kappa shape index (κ3) is 4.25. The predicted octanol–water partition coefficient (Wildman–Crippen LogP) is 0.659. The van der Waals surface area contributed by atoms with E-state index in [1.807, 2.05) is 0 Å². The Labute approximate surface area is 196 Å². The lowest BCUT2D eigenvalue weighted by atomic mass is 9.98. The fourth-order valence-electron chi connectivity index (χ4n) is 4.49. The van der Waals surface area contributed by atoms with E-state index in [0.717, 1.165) is 11.3 Å². The number of allylic oxidation sites excluding steroid dienone is 1. The fraction of sp³-hybridized carbons (Fsp3) is 0.545. The first kappa shape index (κ1) is 23.1. The van der Waals surface area contributed by atoms with Crippen LogP contribution in [0.4, 0.5) is 9.18 Å². The van der Waals surface area contributed by atoms with E-state index in [-0.39, 0.29) is 18.0 Å². The van der Waals surface area contributed by atoms with Gasteiger partial charge in [-0.05, 0) is 31.4 Å². The molecule has 1 saturated carbocycles. The van der Waals surface area contributed by atoms with Crippen LogP contribution in [0, 0.1) is 5.92 Å². The minimum atomic E-state index is -3.97. The summed E-state index contributed by atoms with van der Waals surface area (Å²) in [5.41, 5.74) is 0.156. The monoisotopic (exact) mass is 492 g/mol. The van der Waals surface area contributed by atoms with Crippen molar-refractivity contribution in [3.8, 4) is 0 Å². The molecule has 1 saturated heterocycles. The van der Waals surface area contributed by atoms with Crippen LogP contribution in [0.5, 0.6) is 0 Å². The second kappa shape index (κ2) is 8.51. The molecule has 2 aliphatic carbocycles. The quantitative estimate of drug-likeness (QED) is 0.534. The molecule has 0 spiro atoms. The molecule has 0 bridgehead atoms. The first-order chi connectivity index (χ1) is 16.2. The minimum Gasteiger partial charge on any atom is -0.381 e. The number of amides is 3. The number of urea groups is 1. The smallest absolute Gasteiger partial charge is 0.381 e. The number of carbonyl (C=O) groups is 2. The van der Waals surface area contributed by atoms with Gasteiger partial charge >= 0.3 is 11.9 Å². The van der Waals surface area contributed by atoms with Crippen molar-refractivity contribution >= 4 is 27.7 Å². The number of nitrogens with one attached hydrogen (secondary N) is 1. The Morgan fingerprint density at radius 2 is 2.15 bits per heavy atom. The molecule has 1 aromatic heterocycles. The molecule has 34 heavy (non-hydrogen) atoms. The molecule has 12 heteroatoms. The van der Waals surface area contributed by atoms with Gasteiger partial charge in [0.2, 0.25) is 10.0 Å². The van der Waals surface area contributed by atoms with Gasteiger partial charge in [0.25, 0.3) is 0 Å². The van der Waals surface area contributed by atoms with E-state index in [9.17, 15) is 22.4 Å². The van der Waals surface area contributed by atoms with Crippen LogP contribution in [0.3, 0.4) is 0 Å². The SMILES string of the molecule is Cn1cc(CN2C(=O)C3=CC(S(=O)(=O)NC4(CF)CC4)C=CC3=[N+](CC3CCOC3)C2=O)cn1. The molecule has 1 N–H and O–H groups in total. The first-order valence-electron chi connectivity index (χ1n) is 11.3. The molecule has 0 aromatic carbocycles. The maximum atomic E-state index is 13.4. The zero-order valence-electron chi connectivity index (χ0n) is 18.8. The predicted molar refractivity (Wildman–Crippen MR) is 119 cm³/mol. The summed E-state index contributed by atoms with van der Waals surface area (Å²) in [6.45, 7) is 0.718. The van der Waals surface area contributed by atoms with Gasteiger partial charge in [0.1, 0.15) is 29.8 Å². The molecule has 10 nitrogen and oxygen atoms in total. The van der Waals surface area contributed by atoms with Gasteiger partial charge in [-0.1, -0.05) is 6.08 Å². The fourth-order valence-corrected chi connectivity index (χ4v) is 6.09. The molecule has 2 aliphatic heterocycles. The molecule has 4 aliphatic rings. The van der Waals surface area contributed by atoms with Crippen molar-refractivity contribution in [2.75, 3.05) is 26.4 Å². The number of sulfonamides is 1. The number of hydrogen-bond donors (Lipinski definition) is 1. The summed E-state index contributed by atoms with van der Waals surface area (Å²) in [4.78, 5) is 27.9. The first-order valence-corrected chi connectivity index (χ1v) is 12.8. The highest BCUT2D eigenvalue weighted by Gasteiger charge is 2.49. The molecular weight excluding hydrogens is 465 g/mol. The highest BCUT2D eigenvalue weighted by Crippen LogP contribution is 2.37. The number of rotatable bonds is 8. The average molecular weight is 493 g/mol. The van der Waals surface area contributed by atoms with Gasteiger partial charge in [0, 0.05) is 31.3 Å². The molecule has 2 fully saturated rings. The Bertz CT molecular complexity index is 1220. The number of aromatic nitrogens is 2. The summed E-state index contributed by atoms with van der Waals surface area (Å²) >= 11 is 0. The van der Waals surface area contributed by atoms with E-state index in [2.05, 4.69) is 9.82 Å². The van der Waals surface area contributed by atoms with Gasteiger partial charge in [-0.2, -0.15) is 19.4 Å². The Kier molecular flexibility index (Phi) is 5.77. The van der Waals surface area contributed by atoms with E-state index in [4.69, 9.17) is 4.74 Å². The van der Waals surface area contributed by atoms with E-state index >= 15 is 0 Å². The molecule has 182 valence electrons. The second-order valence-electron chi connectivity index (χ2n) is 9.39. The number of aryl methyl sites for hydroxylation is 1. The molecule has 1 aromatic rings. The van der Waals surface area contributed by atoms with Gasteiger partial charge in [0.15, 0.2) is 0 Å². The molecular formula is C22H27FN5O5S+. The zero-order valence-corrected chi connectivity index (χ0v) is 19.6. The number of imide groups is 1. The van der Waals surface area contributed by atoms with Crippen molar-refractivity contribution in [2.45, 2.75) is 36.6 Å². The lowest BCUT2D eigenvalue weighted by Gasteiger charge is -2.27. The van der Waals surface area contributed by atoms with Crippen LogP contribution in [0.25, 0.3) is 0 Å². The summed E-state index contributed by atoms with van der Waals surface area (Å²) in [6.07, 6.45) is 9.28. The summed E-state index contributed by atoms with van der Waals surface area (Å²) in [7, 11) is -2.23. The van der Waals surface area contributed by atoms with Gasteiger partial charge < -0.3 is 4.74 Å². The Morgan fingerprint density at radius 3 is 2.76 bits per heavy atom. The van der Waals surface area contributed by atoms with Crippen molar-refractivity contribution < 1.29 is 31.7 Å². The van der Waals surface area contributed by atoms with Crippen molar-refractivity contribution in [2.24, 2.45) is 13.0 Å². The Morgan fingerprint density at radius 1 is 1.35 bits per heavy atom. The van der Waals surface area contributed by atoms with Crippen LogP contribution >= 0.6 is 0 Å². The number of halogens is 1. The van der Waals surface area contributed by atoms with E-state index in [0.29, 0.717) is 43.9 Å². The molecule has 5 rings (SSSR count). The van der Waals surface area contributed by atoms with Crippen LogP contribution < -0.4 is 4.72 Å². The normalized spacial score (nSPS) is 26.2. The maximum absolute atomic E-state index is 13.4. The zero-order chi connectivity index (χ0) is 24.1. The molecule has 2 unspecified atom stereocenters. The molecule has 2 atom stereocenters. The van der Waals surface area contributed by atoms with Crippen molar-refractivity contribution in [3.05, 3.63) is 41.8 Å². The summed E-state index contributed by atoms with van der Waals surface area (Å²) in [5, 5.41) is 2.95. The van der Waals surface area contributed by atoms with Crippen molar-refractivity contribution in [1.29, 1.82) is 0 Å². The Hall–Kier alpha value is -2.70. The summed E-state index contributed by atoms with van der Waals surface area (Å²) in [6, 6.07) is -0.466. The molecule has 3 heterocycles. The van der Waals surface area contributed by atoms with E-state index < -0.39 is 39.4 Å². The lowest BCUT2D eigenvalue weighted by molar-refractivity contribution is -0.445. The van der Waals surface area contributed by atoms with E-state index in [1.165, 1.54) is 22.8 Å². The van der Waals surface area contributed by atoms with Crippen LogP contribution in [-0.2, 0) is 33.1 Å². The Balaban J connectivity index is 1.50. The second-order valence-corrected chi connectivity index (χ2v) is 11.2. The standard InChI is InChI=1S/C22H27FN5O5S/c1-26-10-16(9-24-26)12-28-20(29)18-8-17(34(31,32)25-22(14-23)5-6-22)2-3-19(18)27(21(28)30)11-15-4-7-33-13-15/h2-3,8-10,15,17,25H,4-7,11-14H2,1H3/q+1. The topological polar surface area (TPSA) is 114 Å². The number of alkyl halides is 1. The van der Waals surface area contributed by atoms with Crippen LogP contribution in [0.2, 0.25) is 0 Å². The van der Waals surface area contributed by atoms with E-state index in [1.54, 1.807) is 24.1 Å². The summed E-state index contributed by atoms with van der Waals surface area (Å²) in [5.74, 6) is -0.458. The molecule has 3 amide bonds. The van der Waals surface area contributed by atoms with Crippen LogP contribution in [0.1, 0.15) is 24.8 Å². The molecule has 0 radical (unpaired) electrons. The largest absolute Gasteiger partial charge is 0.501 e. The number of carbonyl (C=O) groups excluding carboxylic acids is 2. The third-order valence-corrected chi connectivity index (χ3v) is 8.40. The van der Waals surface area contributed by atoms with Crippen LogP contribution in [0.15, 0.2) is 36.2 Å². The number of fused-ring (bicyclic) bond motifs is 1.